The van der Waals surface area contributed by atoms with Crippen LogP contribution in [0.15, 0.2) is 55.1 Å². The van der Waals surface area contributed by atoms with Gasteiger partial charge in [0.2, 0.25) is 5.91 Å². The Kier molecular flexibility index (Phi) is 8.16. The van der Waals surface area contributed by atoms with E-state index in [1.807, 2.05) is 26.0 Å². The van der Waals surface area contributed by atoms with Crippen LogP contribution >= 0.6 is 23.2 Å². The molecule has 1 fully saturated rings. The lowest BCUT2D eigenvalue weighted by Gasteiger charge is -2.52. The van der Waals surface area contributed by atoms with Gasteiger partial charge in [0.05, 0.1) is 17.2 Å². The van der Waals surface area contributed by atoms with Gasteiger partial charge >= 0.3 is 0 Å². The molecule has 1 unspecified atom stereocenters. The highest BCUT2D eigenvalue weighted by Crippen LogP contribution is 2.52. The molecule has 1 saturated heterocycles. The zero-order valence-corrected chi connectivity index (χ0v) is 21.9. The predicted molar refractivity (Wildman–Crippen MR) is 137 cm³/mol. The zero-order chi connectivity index (χ0) is 25.3. The molecule has 4 nitrogen and oxygen atoms in total. The number of allylic oxidation sites excluding steroid dienone is 1. The van der Waals surface area contributed by atoms with Crippen LogP contribution < -0.4 is 0 Å². The largest absolute Gasteiger partial charge is 0.331 e. The SMILES string of the molecule is C=CC[C@@]1(C)C[C@H](c2cc(F)cc(Cl)c2)[C@@H](c2ccc(Cl)cc2)N(C(CC)CS(C)(=O)=O)C1=O. The lowest BCUT2D eigenvalue weighted by atomic mass is 9.67. The van der Waals surface area contributed by atoms with Crippen LogP contribution in [0.5, 0.6) is 0 Å². The number of carbonyl (C=O) groups excluding carboxylic acids is 1. The second-order valence-electron chi connectivity index (χ2n) is 9.43. The number of amides is 1. The predicted octanol–water partition coefficient (Wildman–Crippen LogP) is 6.60. The summed E-state index contributed by atoms with van der Waals surface area (Å²) in [5.74, 6) is -1.10. The van der Waals surface area contributed by atoms with Crippen molar-refractivity contribution in [1.82, 2.24) is 4.90 Å². The molecule has 0 spiro atoms. The van der Waals surface area contributed by atoms with E-state index in [1.54, 1.807) is 29.2 Å². The monoisotopic (exact) mass is 525 g/mol. The van der Waals surface area contributed by atoms with Crippen LogP contribution in [0, 0.1) is 11.2 Å². The summed E-state index contributed by atoms with van der Waals surface area (Å²) in [5.41, 5.74) is 0.627. The first-order chi connectivity index (χ1) is 15.9. The number of likely N-dealkylation sites (tertiary alicyclic amines) is 1. The van der Waals surface area contributed by atoms with Gasteiger partial charge < -0.3 is 4.90 Å². The van der Waals surface area contributed by atoms with Gasteiger partial charge in [-0.05, 0) is 60.7 Å². The maximum atomic E-state index is 14.4. The molecular weight excluding hydrogens is 496 g/mol. The summed E-state index contributed by atoms with van der Waals surface area (Å²) in [4.78, 5) is 15.8. The van der Waals surface area contributed by atoms with E-state index in [1.165, 1.54) is 18.4 Å². The topological polar surface area (TPSA) is 54.5 Å². The Hall–Kier alpha value is -1.89. The number of benzene rings is 2. The summed E-state index contributed by atoms with van der Waals surface area (Å²) in [6, 6.07) is 10.5. The van der Waals surface area contributed by atoms with Crippen molar-refractivity contribution in [2.24, 2.45) is 5.41 Å². The molecular formula is C26H30Cl2FNO3S. The van der Waals surface area contributed by atoms with Crippen molar-refractivity contribution in [3.63, 3.8) is 0 Å². The molecule has 0 N–H and O–H groups in total. The van der Waals surface area contributed by atoms with Gasteiger partial charge in [-0.2, -0.15) is 0 Å². The van der Waals surface area contributed by atoms with E-state index in [9.17, 15) is 17.6 Å². The minimum Gasteiger partial charge on any atom is -0.331 e. The first kappa shape index (κ1) is 26.7. The van der Waals surface area contributed by atoms with Crippen molar-refractivity contribution in [3.05, 3.63) is 82.1 Å². The molecule has 3 rings (SSSR count). The van der Waals surface area contributed by atoms with Crippen LogP contribution in [0.2, 0.25) is 10.0 Å². The number of hydrogen-bond donors (Lipinski definition) is 0. The highest BCUT2D eigenvalue weighted by Gasteiger charge is 2.51. The average molecular weight is 527 g/mol. The fourth-order valence-electron chi connectivity index (χ4n) is 5.08. The Bertz CT molecular complexity index is 1150. The minimum absolute atomic E-state index is 0.137. The van der Waals surface area contributed by atoms with Crippen molar-refractivity contribution >= 4 is 38.9 Å². The third kappa shape index (κ3) is 5.84. The van der Waals surface area contributed by atoms with Crippen molar-refractivity contribution in [2.75, 3.05) is 12.0 Å². The molecule has 2 aromatic carbocycles. The van der Waals surface area contributed by atoms with E-state index >= 15 is 0 Å². The number of sulfone groups is 1. The van der Waals surface area contributed by atoms with Gasteiger partial charge in [0.15, 0.2) is 0 Å². The molecule has 184 valence electrons. The first-order valence-electron chi connectivity index (χ1n) is 11.2. The number of rotatable bonds is 8. The van der Waals surface area contributed by atoms with Crippen molar-refractivity contribution < 1.29 is 17.6 Å². The molecule has 2 aromatic rings. The van der Waals surface area contributed by atoms with Crippen LogP contribution in [0.1, 0.15) is 56.2 Å². The third-order valence-corrected chi connectivity index (χ3v) is 8.04. The van der Waals surface area contributed by atoms with E-state index in [0.717, 1.165) is 5.56 Å². The second-order valence-corrected chi connectivity index (χ2v) is 12.5. The highest BCUT2D eigenvalue weighted by atomic mass is 35.5. The van der Waals surface area contributed by atoms with Crippen LogP contribution in [0.4, 0.5) is 4.39 Å². The molecule has 1 aliphatic rings. The Balaban J connectivity index is 2.28. The van der Waals surface area contributed by atoms with Crippen molar-refractivity contribution in [3.8, 4) is 0 Å². The molecule has 0 bridgehead atoms. The number of piperidine rings is 1. The van der Waals surface area contributed by atoms with Gasteiger partial charge in [-0.1, -0.05) is 55.3 Å². The molecule has 0 radical (unpaired) electrons. The van der Waals surface area contributed by atoms with E-state index in [4.69, 9.17) is 23.2 Å². The third-order valence-electron chi connectivity index (χ3n) is 6.58. The standard InChI is InChI=1S/C26H30Cl2FNO3S/c1-5-11-26(3)15-23(18-12-20(28)14-21(29)13-18)24(17-7-9-19(27)10-8-17)30(25(26)31)22(6-2)16-34(4,32)33/h5,7-10,12-14,22-24H,1,6,11,15-16H2,2-4H3/t22?,23-,24-,26+/m1/s1. The van der Waals surface area contributed by atoms with Gasteiger partial charge in [0.1, 0.15) is 15.7 Å². The van der Waals surface area contributed by atoms with Crippen LogP contribution in [0.25, 0.3) is 0 Å². The maximum Gasteiger partial charge on any atom is 0.229 e. The van der Waals surface area contributed by atoms with Gasteiger partial charge in [-0.3, -0.25) is 4.79 Å². The van der Waals surface area contributed by atoms with Crippen LogP contribution in [0.3, 0.4) is 0 Å². The Morgan fingerprint density at radius 2 is 1.82 bits per heavy atom. The number of carbonyl (C=O) groups is 1. The maximum absolute atomic E-state index is 14.4. The fraction of sp³-hybridized carbons (Fsp3) is 0.423. The lowest BCUT2D eigenvalue weighted by molar-refractivity contribution is -0.153. The van der Waals surface area contributed by atoms with Crippen LogP contribution in [-0.4, -0.2) is 37.3 Å². The normalized spacial score (nSPS) is 24.2. The fourth-order valence-corrected chi connectivity index (χ4v) is 6.54. The summed E-state index contributed by atoms with van der Waals surface area (Å²) < 4.78 is 39.1. The summed E-state index contributed by atoms with van der Waals surface area (Å²) in [6.07, 6.45) is 4.16. The Morgan fingerprint density at radius 1 is 1.18 bits per heavy atom. The summed E-state index contributed by atoms with van der Waals surface area (Å²) in [7, 11) is -3.38. The second kappa shape index (κ2) is 10.4. The average Bonchev–Trinajstić information content (AvgIpc) is 2.73. The van der Waals surface area contributed by atoms with Crippen molar-refractivity contribution in [2.45, 2.75) is 51.1 Å². The Labute approximate surface area is 211 Å². The van der Waals surface area contributed by atoms with E-state index < -0.39 is 33.2 Å². The van der Waals surface area contributed by atoms with E-state index in [0.29, 0.717) is 29.8 Å². The molecule has 1 aliphatic heterocycles. The molecule has 1 heterocycles. The molecule has 0 saturated carbocycles. The molecule has 8 heteroatoms. The van der Waals surface area contributed by atoms with Gasteiger partial charge in [0.25, 0.3) is 0 Å². The lowest BCUT2D eigenvalue weighted by Crippen LogP contribution is -2.56. The van der Waals surface area contributed by atoms with E-state index in [-0.39, 0.29) is 22.6 Å². The number of hydrogen-bond acceptors (Lipinski definition) is 3. The van der Waals surface area contributed by atoms with Gasteiger partial charge in [0, 0.05) is 28.3 Å². The molecule has 0 aliphatic carbocycles. The van der Waals surface area contributed by atoms with Crippen molar-refractivity contribution in [1.29, 1.82) is 0 Å². The molecule has 1 amide bonds. The zero-order valence-electron chi connectivity index (χ0n) is 19.6. The minimum atomic E-state index is -3.38. The quantitative estimate of drug-likeness (QED) is 0.365. The summed E-state index contributed by atoms with van der Waals surface area (Å²) in [6.45, 7) is 7.57. The Morgan fingerprint density at radius 3 is 2.35 bits per heavy atom. The van der Waals surface area contributed by atoms with Gasteiger partial charge in [-0.25, -0.2) is 12.8 Å². The van der Waals surface area contributed by atoms with Crippen LogP contribution in [-0.2, 0) is 14.6 Å². The number of halogens is 3. The number of nitrogens with zero attached hydrogens (tertiary/aromatic N) is 1. The molecule has 34 heavy (non-hydrogen) atoms. The highest BCUT2D eigenvalue weighted by molar-refractivity contribution is 7.90. The van der Waals surface area contributed by atoms with E-state index in [2.05, 4.69) is 6.58 Å². The molecule has 0 aromatic heterocycles. The summed E-state index contributed by atoms with van der Waals surface area (Å²) >= 11 is 12.4. The molecule has 4 atom stereocenters. The first-order valence-corrected chi connectivity index (χ1v) is 14.0. The van der Waals surface area contributed by atoms with Gasteiger partial charge in [-0.15, -0.1) is 6.58 Å². The smallest absolute Gasteiger partial charge is 0.229 e. The summed E-state index contributed by atoms with van der Waals surface area (Å²) in [5, 5.41) is 0.810.